The summed E-state index contributed by atoms with van der Waals surface area (Å²) < 4.78 is 6.05. The van der Waals surface area contributed by atoms with E-state index in [9.17, 15) is 5.11 Å². The Kier molecular flexibility index (Phi) is 3.11. The lowest BCUT2D eigenvalue weighted by Crippen LogP contribution is -2.36. The average molecular weight is 259 g/mol. The van der Waals surface area contributed by atoms with Crippen molar-refractivity contribution in [1.82, 2.24) is 4.98 Å². The second kappa shape index (κ2) is 4.66. The molecular formula is C16H21NO2. The number of ether oxygens (including phenoxy) is 1. The molecule has 1 aliphatic rings. The molecule has 0 bridgehead atoms. The van der Waals surface area contributed by atoms with E-state index in [0.29, 0.717) is 6.42 Å². The molecule has 0 radical (unpaired) electrons. The minimum absolute atomic E-state index is 0.154. The van der Waals surface area contributed by atoms with Crippen molar-refractivity contribution in [3.05, 3.63) is 35.0 Å². The van der Waals surface area contributed by atoms with E-state index >= 15 is 0 Å². The van der Waals surface area contributed by atoms with Crippen LogP contribution in [0.15, 0.2) is 18.2 Å². The molecule has 0 aliphatic carbocycles. The molecule has 0 saturated heterocycles. The molecular weight excluding hydrogens is 238 g/mol. The maximum absolute atomic E-state index is 9.37. The molecule has 3 heteroatoms. The first-order valence-corrected chi connectivity index (χ1v) is 7.06. The summed E-state index contributed by atoms with van der Waals surface area (Å²) in [5, 5.41) is 10.7. The zero-order valence-corrected chi connectivity index (χ0v) is 11.6. The minimum atomic E-state index is -0.338. The molecule has 1 aromatic carbocycles. The summed E-state index contributed by atoms with van der Waals surface area (Å²) in [4.78, 5) is 3.53. The van der Waals surface area contributed by atoms with Gasteiger partial charge in [0, 0.05) is 23.9 Å². The Morgan fingerprint density at radius 3 is 3.00 bits per heavy atom. The van der Waals surface area contributed by atoms with Crippen LogP contribution >= 0.6 is 0 Å². The number of nitrogens with one attached hydrogen (secondary N) is 1. The zero-order chi connectivity index (χ0) is 13.5. The number of fused-ring (bicyclic) bond motifs is 3. The number of aromatic nitrogens is 1. The molecule has 1 aromatic heterocycles. The molecule has 2 aromatic rings. The number of aliphatic hydroxyl groups excluding tert-OH is 1. The van der Waals surface area contributed by atoms with Crippen LogP contribution in [-0.2, 0) is 16.8 Å². The third-order valence-electron chi connectivity index (χ3n) is 4.33. The van der Waals surface area contributed by atoms with Crippen LogP contribution in [0.4, 0.5) is 0 Å². The first-order valence-electron chi connectivity index (χ1n) is 7.06. The van der Waals surface area contributed by atoms with E-state index in [1.807, 2.05) is 0 Å². The summed E-state index contributed by atoms with van der Waals surface area (Å²) in [6, 6.07) is 6.52. The van der Waals surface area contributed by atoms with Gasteiger partial charge in [0.1, 0.15) is 5.60 Å². The van der Waals surface area contributed by atoms with Gasteiger partial charge in [-0.3, -0.25) is 0 Å². The second-order valence-electron chi connectivity index (χ2n) is 5.45. The molecule has 1 atom stereocenters. The van der Waals surface area contributed by atoms with E-state index in [4.69, 9.17) is 4.74 Å². The number of benzene rings is 1. The van der Waals surface area contributed by atoms with Crippen molar-refractivity contribution in [1.29, 1.82) is 0 Å². The predicted octanol–water partition coefficient (Wildman–Crippen LogP) is 3.04. The molecule has 0 amide bonds. The molecule has 102 valence electrons. The topological polar surface area (TPSA) is 45.2 Å². The van der Waals surface area contributed by atoms with Crippen LogP contribution < -0.4 is 0 Å². The van der Waals surface area contributed by atoms with Crippen molar-refractivity contribution in [3.8, 4) is 0 Å². The predicted molar refractivity (Wildman–Crippen MR) is 76.4 cm³/mol. The highest BCUT2D eigenvalue weighted by molar-refractivity contribution is 5.86. The molecule has 2 heterocycles. The number of aliphatic hydroxyl groups is 1. The maximum atomic E-state index is 9.37. The lowest BCUT2D eigenvalue weighted by atomic mass is 9.86. The van der Waals surface area contributed by atoms with E-state index in [-0.39, 0.29) is 12.2 Å². The first kappa shape index (κ1) is 12.7. The lowest BCUT2D eigenvalue weighted by Gasteiger charge is -2.36. The van der Waals surface area contributed by atoms with Gasteiger partial charge in [-0.15, -0.1) is 0 Å². The maximum Gasteiger partial charge on any atom is 0.110 e. The van der Waals surface area contributed by atoms with Crippen molar-refractivity contribution >= 4 is 10.9 Å². The van der Waals surface area contributed by atoms with Gasteiger partial charge < -0.3 is 14.8 Å². The van der Waals surface area contributed by atoms with Crippen LogP contribution in [-0.4, -0.2) is 23.3 Å². The van der Waals surface area contributed by atoms with Crippen LogP contribution in [0.3, 0.4) is 0 Å². The van der Waals surface area contributed by atoms with Crippen molar-refractivity contribution < 1.29 is 9.84 Å². The average Bonchev–Trinajstić information content (AvgIpc) is 2.78. The van der Waals surface area contributed by atoms with Crippen molar-refractivity contribution in [2.75, 3.05) is 13.2 Å². The Bertz CT molecular complexity index is 602. The van der Waals surface area contributed by atoms with Gasteiger partial charge in [-0.05, 0) is 37.5 Å². The Hall–Kier alpha value is -1.32. The third kappa shape index (κ3) is 1.88. The van der Waals surface area contributed by atoms with Crippen LogP contribution in [0.5, 0.6) is 0 Å². The van der Waals surface area contributed by atoms with Gasteiger partial charge in [0.25, 0.3) is 0 Å². The van der Waals surface area contributed by atoms with Crippen LogP contribution in [0.2, 0.25) is 0 Å². The smallest absolute Gasteiger partial charge is 0.110 e. The van der Waals surface area contributed by atoms with Gasteiger partial charge in [-0.1, -0.05) is 18.6 Å². The van der Waals surface area contributed by atoms with Gasteiger partial charge in [0.2, 0.25) is 0 Å². The fourth-order valence-corrected chi connectivity index (χ4v) is 3.26. The first-order chi connectivity index (χ1) is 9.20. The highest BCUT2D eigenvalue weighted by atomic mass is 16.5. The molecule has 0 fully saturated rings. The summed E-state index contributed by atoms with van der Waals surface area (Å²) in [7, 11) is 0. The molecule has 0 unspecified atom stereocenters. The van der Waals surface area contributed by atoms with E-state index in [1.54, 1.807) is 0 Å². The summed E-state index contributed by atoms with van der Waals surface area (Å²) in [6.07, 6.45) is 2.49. The van der Waals surface area contributed by atoms with Crippen molar-refractivity contribution in [2.45, 2.75) is 38.7 Å². The Labute approximate surface area is 113 Å². The highest BCUT2D eigenvalue weighted by Crippen LogP contribution is 2.41. The Balaban J connectivity index is 2.22. The highest BCUT2D eigenvalue weighted by Gasteiger charge is 2.38. The van der Waals surface area contributed by atoms with Crippen LogP contribution in [0.1, 0.15) is 36.6 Å². The lowest BCUT2D eigenvalue weighted by molar-refractivity contribution is -0.0795. The van der Waals surface area contributed by atoms with Crippen LogP contribution in [0, 0.1) is 6.92 Å². The number of hydrogen-bond donors (Lipinski definition) is 2. The normalized spacial score (nSPS) is 22.7. The molecule has 0 spiro atoms. The largest absolute Gasteiger partial charge is 0.396 e. The molecule has 2 N–H and O–H groups in total. The van der Waals surface area contributed by atoms with E-state index in [1.165, 1.54) is 27.7 Å². The summed E-state index contributed by atoms with van der Waals surface area (Å²) in [5.41, 5.74) is 4.67. The van der Waals surface area contributed by atoms with Gasteiger partial charge in [-0.2, -0.15) is 0 Å². The monoisotopic (exact) mass is 259 g/mol. The molecule has 1 aliphatic heterocycles. The second-order valence-corrected chi connectivity index (χ2v) is 5.45. The molecule has 0 saturated carbocycles. The van der Waals surface area contributed by atoms with Crippen LogP contribution in [0.25, 0.3) is 10.9 Å². The fraction of sp³-hybridized carbons (Fsp3) is 0.500. The zero-order valence-electron chi connectivity index (χ0n) is 11.6. The number of hydrogen-bond acceptors (Lipinski definition) is 2. The van der Waals surface area contributed by atoms with Gasteiger partial charge in [-0.25, -0.2) is 0 Å². The summed E-state index contributed by atoms with van der Waals surface area (Å²) >= 11 is 0. The molecule has 19 heavy (non-hydrogen) atoms. The summed E-state index contributed by atoms with van der Waals surface area (Å²) in [6.45, 7) is 5.14. The molecule has 3 nitrogen and oxygen atoms in total. The van der Waals surface area contributed by atoms with Crippen molar-refractivity contribution in [3.63, 3.8) is 0 Å². The number of aromatic amines is 1. The van der Waals surface area contributed by atoms with Gasteiger partial charge in [0.05, 0.1) is 12.3 Å². The standard InChI is InChI=1S/C16H21NO2/c1-3-16(7-8-18)15-12(6-9-19-16)13-10-11(2)4-5-14(13)17-15/h4-5,10,17-18H,3,6-9H2,1-2H3/t16-/m1/s1. The van der Waals surface area contributed by atoms with E-state index in [0.717, 1.165) is 19.4 Å². The Morgan fingerprint density at radius 2 is 2.26 bits per heavy atom. The SMILES string of the molecule is CC[C@]1(CCO)OCCc2c1[nH]c1ccc(C)cc21. The number of H-pyrrole nitrogens is 1. The molecule has 3 rings (SSSR count). The third-order valence-corrected chi connectivity index (χ3v) is 4.33. The minimum Gasteiger partial charge on any atom is -0.396 e. The fourth-order valence-electron chi connectivity index (χ4n) is 3.26. The van der Waals surface area contributed by atoms with E-state index < -0.39 is 0 Å². The Morgan fingerprint density at radius 1 is 1.42 bits per heavy atom. The van der Waals surface area contributed by atoms with Gasteiger partial charge >= 0.3 is 0 Å². The van der Waals surface area contributed by atoms with Gasteiger partial charge in [0.15, 0.2) is 0 Å². The van der Waals surface area contributed by atoms with Crippen molar-refractivity contribution in [2.24, 2.45) is 0 Å². The van der Waals surface area contributed by atoms with E-state index in [2.05, 4.69) is 37.0 Å². The summed E-state index contributed by atoms with van der Waals surface area (Å²) in [5.74, 6) is 0. The quantitative estimate of drug-likeness (QED) is 0.890. The number of aryl methyl sites for hydroxylation is 1. The number of rotatable bonds is 3.